The number of fused-ring (bicyclic) bond motifs is 1. The summed E-state index contributed by atoms with van der Waals surface area (Å²) < 4.78 is 4.59. The van der Waals surface area contributed by atoms with Gasteiger partial charge in [-0.1, -0.05) is 12.1 Å². The number of β-lactam (4-membered cyclic amide) rings is 1. The summed E-state index contributed by atoms with van der Waals surface area (Å²) >= 11 is 1.46. The van der Waals surface area contributed by atoms with E-state index in [1.54, 1.807) is 19.1 Å². The van der Waals surface area contributed by atoms with Crippen molar-refractivity contribution in [1.29, 1.82) is 0 Å². The molecular formula is C18H23N3O5S. The Hall–Kier alpha value is -2.26. The number of esters is 1. The van der Waals surface area contributed by atoms with Crippen LogP contribution in [0.25, 0.3) is 0 Å². The molecule has 4 N–H and O–H groups in total. The highest BCUT2D eigenvalue weighted by atomic mass is 32.2. The summed E-state index contributed by atoms with van der Waals surface area (Å²) in [6.07, 6.45) is 0. The molecule has 8 nitrogen and oxygen atoms in total. The molecule has 146 valence electrons. The van der Waals surface area contributed by atoms with Gasteiger partial charge < -0.3 is 25.8 Å². The molecule has 4 atom stereocenters. The van der Waals surface area contributed by atoms with Gasteiger partial charge in [0.15, 0.2) is 0 Å². The highest BCUT2D eigenvalue weighted by Crippen LogP contribution is 2.51. The van der Waals surface area contributed by atoms with Crippen LogP contribution in [0.4, 0.5) is 0 Å². The van der Waals surface area contributed by atoms with Crippen molar-refractivity contribution in [1.82, 2.24) is 10.2 Å². The Labute approximate surface area is 161 Å². The molecule has 0 bridgehead atoms. The minimum Gasteiger partial charge on any atom is -0.508 e. The van der Waals surface area contributed by atoms with E-state index >= 15 is 0 Å². The Morgan fingerprint density at radius 1 is 1.37 bits per heavy atom. The van der Waals surface area contributed by atoms with Gasteiger partial charge in [0.2, 0.25) is 11.8 Å². The number of amides is 2. The number of rotatable bonds is 5. The number of aromatic hydroxyl groups is 1. The average molecular weight is 393 g/mol. The average Bonchev–Trinajstić information content (AvgIpc) is 2.87. The molecule has 2 fully saturated rings. The van der Waals surface area contributed by atoms with Gasteiger partial charge in [0.1, 0.15) is 29.2 Å². The third kappa shape index (κ3) is 3.37. The summed E-state index contributed by atoms with van der Waals surface area (Å²) in [7, 11) is 0. The van der Waals surface area contributed by atoms with E-state index in [1.165, 1.54) is 28.8 Å². The Kier molecular flexibility index (Phi) is 5.09. The number of phenolic OH excluding ortho intramolecular Hbond substituents is 1. The minimum absolute atomic E-state index is 0.0748. The van der Waals surface area contributed by atoms with Crippen molar-refractivity contribution in [3.8, 4) is 5.75 Å². The lowest BCUT2D eigenvalue weighted by molar-refractivity contribution is -0.164. The zero-order chi connectivity index (χ0) is 19.9. The first-order valence-electron chi connectivity index (χ1n) is 8.69. The second-order valence-corrected chi connectivity index (χ2v) is 8.84. The molecule has 0 spiro atoms. The maximum atomic E-state index is 12.6. The van der Waals surface area contributed by atoms with E-state index in [0.29, 0.717) is 5.56 Å². The van der Waals surface area contributed by atoms with Crippen LogP contribution in [0.3, 0.4) is 0 Å². The van der Waals surface area contributed by atoms with Gasteiger partial charge in [0, 0.05) is 4.75 Å². The molecule has 2 heterocycles. The molecule has 3 rings (SSSR count). The number of phenols is 1. The molecule has 2 aliphatic heterocycles. The van der Waals surface area contributed by atoms with Gasteiger partial charge in [0.25, 0.3) is 0 Å². The van der Waals surface area contributed by atoms with Crippen LogP contribution >= 0.6 is 11.8 Å². The number of ether oxygens (including phenoxy) is 1. The lowest BCUT2D eigenvalue weighted by Gasteiger charge is -2.44. The first kappa shape index (κ1) is 19.5. The number of nitrogens with two attached hydrogens (primary N) is 1. The molecule has 1 aromatic rings. The standard InChI is InChI=1S/C18H23N3O5S/c1-4-26-17(25)13-18(2,3)27-16-12(15(24)21(13)16)20-14(23)11(19)9-5-7-10(22)8-6-9/h5-8,11-13,16,22H,4,19H2,1-3H3,(H,20,23)/t11-,12-,13+,16-/m1/s1. The number of hydrogen-bond acceptors (Lipinski definition) is 7. The largest absolute Gasteiger partial charge is 0.508 e. The van der Waals surface area contributed by atoms with E-state index in [1.807, 2.05) is 13.8 Å². The Morgan fingerprint density at radius 3 is 2.59 bits per heavy atom. The zero-order valence-electron chi connectivity index (χ0n) is 15.3. The van der Waals surface area contributed by atoms with Crippen LogP contribution in [0, 0.1) is 0 Å². The van der Waals surface area contributed by atoms with E-state index in [4.69, 9.17) is 10.5 Å². The van der Waals surface area contributed by atoms with Crippen molar-refractivity contribution in [3.05, 3.63) is 29.8 Å². The normalized spacial score (nSPS) is 26.7. The predicted molar refractivity (Wildman–Crippen MR) is 99.7 cm³/mol. The van der Waals surface area contributed by atoms with Gasteiger partial charge in [-0.2, -0.15) is 0 Å². The molecule has 1 aromatic carbocycles. The topological polar surface area (TPSA) is 122 Å². The second kappa shape index (κ2) is 7.05. The fourth-order valence-electron chi connectivity index (χ4n) is 3.42. The lowest BCUT2D eigenvalue weighted by atomic mass is 9.95. The fourth-order valence-corrected chi connectivity index (χ4v) is 5.04. The molecule has 0 saturated carbocycles. The second-order valence-electron chi connectivity index (χ2n) is 7.07. The molecule has 0 unspecified atom stereocenters. The summed E-state index contributed by atoms with van der Waals surface area (Å²) in [5.74, 6) is -1.17. The van der Waals surface area contributed by atoms with Crippen LogP contribution in [0.1, 0.15) is 32.4 Å². The lowest BCUT2D eigenvalue weighted by Crippen LogP contribution is -2.71. The summed E-state index contributed by atoms with van der Waals surface area (Å²) in [5.41, 5.74) is 6.49. The third-order valence-corrected chi connectivity index (χ3v) is 6.35. The van der Waals surface area contributed by atoms with E-state index < -0.39 is 34.7 Å². The van der Waals surface area contributed by atoms with Gasteiger partial charge in [-0.05, 0) is 38.5 Å². The molecule has 2 aliphatic rings. The third-order valence-electron chi connectivity index (χ3n) is 4.78. The molecule has 0 aromatic heterocycles. The van der Waals surface area contributed by atoms with Crippen molar-refractivity contribution in [2.45, 2.75) is 49.0 Å². The van der Waals surface area contributed by atoms with Crippen molar-refractivity contribution in [2.75, 3.05) is 6.61 Å². The molecule has 2 saturated heterocycles. The molecule has 27 heavy (non-hydrogen) atoms. The summed E-state index contributed by atoms with van der Waals surface area (Å²) in [6, 6.07) is 3.61. The number of hydrogen-bond donors (Lipinski definition) is 3. The van der Waals surface area contributed by atoms with Crippen LogP contribution in [-0.4, -0.2) is 56.6 Å². The maximum Gasteiger partial charge on any atom is 0.330 e. The molecule has 0 radical (unpaired) electrons. The Bertz CT molecular complexity index is 767. The molecule has 0 aliphatic carbocycles. The Balaban J connectivity index is 1.70. The first-order valence-corrected chi connectivity index (χ1v) is 9.57. The summed E-state index contributed by atoms with van der Waals surface area (Å²) in [4.78, 5) is 38.9. The molecule has 2 amide bonds. The highest BCUT2D eigenvalue weighted by molar-refractivity contribution is 8.01. The molecule has 9 heteroatoms. The van der Waals surface area contributed by atoms with Crippen LogP contribution in [0.2, 0.25) is 0 Å². The summed E-state index contributed by atoms with van der Waals surface area (Å²) in [5, 5.41) is 11.7. The van der Waals surface area contributed by atoms with Crippen LogP contribution in [0.15, 0.2) is 24.3 Å². The number of thioether (sulfide) groups is 1. The van der Waals surface area contributed by atoms with Gasteiger partial charge in [-0.15, -0.1) is 11.8 Å². The van der Waals surface area contributed by atoms with Gasteiger partial charge in [-0.3, -0.25) is 9.59 Å². The van der Waals surface area contributed by atoms with Crippen LogP contribution < -0.4 is 11.1 Å². The fraction of sp³-hybridized carbons (Fsp3) is 0.500. The van der Waals surface area contributed by atoms with Gasteiger partial charge >= 0.3 is 5.97 Å². The maximum absolute atomic E-state index is 12.6. The van der Waals surface area contributed by atoms with E-state index in [-0.39, 0.29) is 23.6 Å². The Morgan fingerprint density at radius 2 is 2.00 bits per heavy atom. The van der Waals surface area contributed by atoms with Crippen molar-refractivity contribution in [2.24, 2.45) is 5.73 Å². The highest BCUT2D eigenvalue weighted by Gasteiger charge is 2.64. The van der Waals surface area contributed by atoms with Crippen molar-refractivity contribution >= 4 is 29.5 Å². The number of benzene rings is 1. The number of carbonyl (C=O) groups excluding carboxylic acids is 3. The van der Waals surface area contributed by atoms with Gasteiger partial charge in [-0.25, -0.2) is 4.79 Å². The van der Waals surface area contributed by atoms with Crippen molar-refractivity contribution < 1.29 is 24.2 Å². The van der Waals surface area contributed by atoms with Gasteiger partial charge in [0.05, 0.1) is 6.61 Å². The van der Waals surface area contributed by atoms with Crippen LogP contribution in [-0.2, 0) is 19.1 Å². The molecular weight excluding hydrogens is 370 g/mol. The number of carbonyl (C=O) groups is 3. The quantitative estimate of drug-likeness (QED) is 0.492. The number of nitrogens with zero attached hydrogens (tertiary/aromatic N) is 1. The number of nitrogens with one attached hydrogen (secondary N) is 1. The first-order chi connectivity index (χ1) is 12.7. The van der Waals surface area contributed by atoms with E-state index in [0.717, 1.165) is 0 Å². The summed E-state index contributed by atoms with van der Waals surface area (Å²) in [6.45, 7) is 5.72. The predicted octanol–water partition coefficient (Wildman–Crippen LogP) is 0.502. The van der Waals surface area contributed by atoms with E-state index in [2.05, 4.69) is 5.32 Å². The zero-order valence-corrected chi connectivity index (χ0v) is 16.2. The van der Waals surface area contributed by atoms with Crippen LogP contribution in [0.5, 0.6) is 5.75 Å². The minimum atomic E-state index is -0.965. The SMILES string of the molecule is CCOC(=O)[C@@H]1N2C(=O)[C@@H](NC(=O)[C@H](N)c3ccc(O)cc3)[C@H]2SC1(C)C. The van der Waals surface area contributed by atoms with E-state index in [9.17, 15) is 19.5 Å². The van der Waals surface area contributed by atoms with Crippen molar-refractivity contribution in [3.63, 3.8) is 0 Å². The monoisotopic (exact) mass is 393 g/mol. The smallest absolute Gasteiger partial charge is 0.330 e.